The molecule has 2 atom stereocenters. The molecule has 0 aliphatic carbocycles. The standard InChI is InChI=1S/C28H31N5O3/c1-18-4-9-27(30-16-18)31-25-14-19(2)33(20(3)34)26-8-6-21(15-23(25)26)22-5-7-24(29-17-22)28(35)32-10-12-36-13-11-32/h4-9,15-17,19,25H,10-14H2,1-3H3,(H,30,31). The highest BCUT2D eigenvalue weighted by molar-refractivity contribution is 5.95. The minimum absolute atomic E-state index is 0.00381. The molecule has 0 bridgehead atoms. The van der Waals surface area contributed by atoms with Gasteiger partial charge in [0, 0.05) is 49.7 Å². The predicted octanol–water partition coefficient (Wildman–Crippen LogP) is 4.22. The highest BCUT2D eigenvalue weighted by Gasteiger charge is 2.33. The first kappa shape index (κ1) is 23.9. The van der Waals surface area contributed by atoms with Crippen LogP contribution in [0.4, 0.5) is 11.5 Å². The first-order chi connectivity index (χ1) is 17.4. The second-order valence-corrected chi connectivity index (χ2v) is 9.50. The number of anilines is 2. The van der Waals surface area contributed by atoms with Gasteiger partial charge in [-0.05, 0) is 61.2 Å². The molecular formula is C28H31N5O3. The zero-order chi connectivity index (χ0) is 25.2. The van der Waals surface area contributed by atoms with Crippen LogP contribution in [0.5, 0.6) is 0 Å². The molecule has 2 aliphatic rings. The van der Waals surface area contributed by atoms with Crippen LogP contribution < -0.4 is 10.2 Å². The van der Waals surface area contributed by atoms with Crippen molar-refractivity contribution >= 4 is 23.3 Å². The Morgan fingerprint density at radius 3 is 2.44 bits per heavy atom. The van der Waals surface area contributed by atoms with E-state index in [9.17, 15) is 9.59 Å². The number of carbonyl (C=O) groups is 2. The van der Waals surface area contributed by atoms with Crippen molar-refractivity contribution in [2.45, 2.75) is 39.3 Å². The van der Waals surface area contributed by atoms with Crippen molar-refractivity contribution in [1.82, 2.24) is 14.9 Å². The SMILES string of the molecule is CC(=O)N1c2ccc(-c3ccc(C(=O)N4CCOCC4)nc3)cc2C(Nc2ccc(C)cn2)CC1C. The molecule has 4 heterocycles. The zero-order valence-electron chi connectivity index (χ0n) is 20.9. The summed E-state index contributed by atoms with van der Waals surface area (Å²) in [5.41, 5.74) is 5.37. The first-order valence-electron chi connectivity index (χ1n) is 12.4. The Balaban J connectivity index is 1.45. The van der Waals surface area contributed by atoms with E-state index in [1.165, 1.54) is 0 Å². The zero-order valence-corrected chi connectivity index (χ0v) is 20.9. The summed E-state index contributed by atoms with van der Waals surface area (Å²) in [6, 6.07) is 13.9. The third-order valence-electron chi connectivity index (χ3n) is 6.87. The molecule has 0 saturated carbocycles. The van der Waals surface area contributed by atoms with Crippen molar-refractivity contribution in [1.29, 1.82) is 0 Å². The topological polar surface area (TPSA) is 87.7 Å². The molecule has 186 valence electrons. The van der Waals surface area contributed by atoms with Gasteiger partial charge in [0.05, 0.1) is 19.3 Å². The number of nitrogens with zero attached hydrogens (tertiary/aromatic N) is 4. The summed E-state index contributed by atoms with van der Waals surface area (Å²) in [6.07, 6.45) is 4.35. The van der Waals surface area contributed by atoms with Crippen LogP contribution in [0.15, 0.2) is 54.9 Å². The van der Waals surface area contributed by atoms with E-state index < -0.39 is 0 Å². The minimum atomic E-state index is -0.0729. The number of benzene rings is 1. The molecule has 1 N–H and O–H groups in total. The fraction of sp³-hybridized carbons (Fsp3) is 0.357. The molecule has 5 rings (SSSR count). The molecule has 36 heavy (non-hydrogen) atoms. The van der Waals surface area contributed by atoms with Gasteiger partial charge in [-0.3, -0.25) is 14.6 Å². The lowest BCUT2D eigenvalue weighted by Gasteiger charge is -2.39. The smallest absolute Gasteiger partial charge is 0.272 e. The van der Waals surface area contributed by atoms with E-state index in [2.05, 4.69) is 28.3 Å². The van der Waals surface area contributed by atoms with Crippen LogP contribution in [0.2, 0.25) is 0 Å². The van der Waals surface area contributed by atoms with Gasteiger partial charge in [0.1, 0.15) is 11.5 Å². The van der Waals surface area contributed by atoms with Crippen LogP contribution in [0, 0.1) is 6.92 Å². The number of morpholine rings is 1. The summed E-state index contributed by atoms with van der Waals surface area (Å²) < 4.78 is 5.34. The van der Waals surface area contributed by atoms with E-state index in [0.717, 1.165) is 40.2 Å². The van der Waals surface area contributed by atoms with Crippen molar-refractivity contribution in [3.8, 4) is 11.1 Å². The molecule has 1 saturated heterocycles. The van der Waals surface area contributed by atoms with Crippen LogP contribution in [0.1, 0.15) is 47.9 Å². The molecule has 0 radical (unpaired) electrons. The number of rotatable bonds is 4. The van der Waals surface area contributed by atoms with Crippen LogP contribution in [0.3, 0.4) is 0 Å². The lowest BCUT2D eigenvalue weighted by molar-refractivity contribution is -0.117. The molecule has 2 amide bonds. The van der Waals surface area contributed by atoms with E-state index >= 15 is 0 Å². The lowest BCUT2D eigenvalue weighted by Crippen LogP contribution is -2.43. The average molecular weight is 486 g/mol. The lowest BCUT2D eigenvalue weighted by atomic mass is 9.89. The Morgan fingerprint density at radius 2 is 1.78 bits per heavy atom. The second-order valence-electron chi connectivity index (χ2n) is 9.50. The number of aromatic nitrogens is 2. The van der Waals surface area contributed by atoms with Crippen molar-refractivity contribution in [3.63, 3.8) is 0 Å². The molecule has 1 aromatic carbocycles. The van der Waals surface area contributed by atoms with Gasteiger partial charge in [0.2, 0.25) is 5.91 Å². The number of carbonyl (C=O) groups excluding carboxylic acids is 2. The normalized spacial score (nSPS) is 19.5. The highest BCUT2D eigenvalue weighted by Crippen LogP contribution is 2.41. The molecule has 3 aromatic rings. The number of amides is 2. The van der Waals surface area contributed by atoms with Crippen molar-refractivity contribution < 1.29 is 14.3 Å². The maximum atomic E-state index is 12.8. The summed E-state index contributed by atoms with van der Waals surface area (Å²) in [7, 11) is 0. The third kappa shape index (κ3) is 4.81. The molecule has 8 nitrogen and oxygen atoms in total. The number of aryl methyl sites for hydroxylation is 1. The van der Waals surface area contributed by atoms with E-state index in [1.54, 1.807) is 24.1 Å². The van der Waals surface area contributed by atoms with E-state index in [1.807, 2.05) is 48.4 Å². The molecular weight excluding hydrogens is 454 g/mol. The summed E-state index contributed by atoms with van der Waals surface area (Å²) in [6.45, 7) is 7.98. The van der Waals surface area contributed by atoms with Crippen molar-refractivity contribution in [2.24, 2.45) is 0 Å². The van der Waals surface area contributed by atoms with Crippen molar-refractivity contribution in [3.05, 3.63) is 71.7 Å². The summed E-state index contributed by atoms with van der Waals surface area (Å²) in [4.78, 5) is 37.9. The maximum absolute atomic E-state index is 12.8. The number of pyridine rings is 2. The summed E-state index contributed by atoms with van der Waals surface area (Å²) >= 11 is 0. The Bertz CT molecular complexity index is 1250. The van der Waals surface area contributed by atoms with Crippen LogP contribution in [-0.2, 0) is 9.53 Å². The maximum Gasteiger partial charge on any atom is 0.272 e. The van der Waals surface area contributed by atoms with Gasteiger partial charge in [0.15, 0.2) is 0 Å². The van der Waals surface area contributed by atoms with Crippen LogP contribution in [0.25, 0.3) is 11.1 Å². The van der Waals surface area contributed by atoms with Gasteiger partial charge in [-0.15, -0.1) is 0 Å². The minimum Gasteiger partial charge on any atom is -0.378 e. The van der Waals surface area contributed by atoms with E-state index in [4.69, 9.17) is 4.74 Å². The number of nitrogens with one attached hydrogen (secondary N) is 1. The summed E-state index contributed by atoms with van der Waals surface area (Å²) in [5, 5.41) is 3.57. The molecule has 2 unspecified atom stereocenters. The molecule has 2 aliphatic heterocycles. The fourth-order valence-corrected chi connectivity index (χ4v) is 5.01. The highest BCUT2D eigenvalue weighted by atomic mass is 16.5. The van der Waals surface area contributed by atoms with Gasteiger partial charge < -0.3 is 19.9 Å². The van der Waals surface area contributed by atoms with Crippen LogP contribution >= 0.6 is 0 Å². The third-order valence-corrected chi connectivity index (χ3v) is 6.87. The van der Waals surface area contributed by atoms with Crippen molar-refractivity contribution in [2.75, 3.05) is 36.5 Å². The Kier molecular flexibility index (Phi) is 6.69. The quantitative estimate of drug-likeness (QED) is 0.595. The van der Waals surface area contributed by atoms with Crippen LogP contribution in [-0.4, -0.2) is 59.0 Å². The fourth-order valence-electron chi connectivity index (χ4n) is 5.01. The van der Waals surface area contributed by atoms with Gasteiger partial charge in [-0.1, -0.05) is 18.2 Å². The number of hydrogen-bond donors (Lipinski definition) is 1. The Hall–Kier alpha value is -3.78. The molecule has 2 aromatic heterocycles. The van der Waals surface area contributed by atoms with Gasteiger partial charge >= 0.3 is 0 Å². The van der Waals surface area contributed by atoms with E-state index in [-0.39, 0.29) is 23.9 Å². The second kappa shape index (κ2) is 10.1. The first-order valence-corrected chi connectivity index (χ1v) is 12.4. The van der Waals surface area contributed by atoms with Gasteiger partial charge in [-0.2, -0.15) is 0 Å². The monoisotopic (exact) mass is 485 g/mol. The molecule has 1 fully saturated rings. The van der Waals surface area contributed by atoms with Gasteiger partial charge in [-0.25, -0.2) is 4.98 Å². The van der Waals surface area contributed by atoms with E-state index in [0.29, 0.717) is 32.0 Å². The number of hydrogen-bond acceptors (Lipinski definition) is 6. The predicted molar refractivity (Wildman–Crippen MR) is 139 cm³/mol. The summed E-state index contributed by atoms with van der Waals surface area (Å²) in [5.74, 6) is 0.755. The average Bonchev–Trinajstić information content (AvgIpc) is 2.90. The largest absolute Gasteiger partial charge is 0.378 e. The molecule has 0 spiro atoms. The van der Waals surface area contributed by atoms with Gasteiger partial charge in [0.25, 0.3) is 5.91 Å². The number of fused-ring (bicyclic) bond motifs is 1. The molecule has 8 heteroatoms. The Labute approximate surface area is 211 Å². The number of ether oxygens (including phenoxy) is 1. The Morgan fingerprint density at radius 1 is 1.00 bits per heavy atom.